The highest BCUT2D eigenvalue weighted by Crippen LogP contribution is 2.16. The third-order valence-corrected chi connectivity index (χ3v) is 3.21. The van der Waals surface area contributed by atoms with Gasteiger partial charge in [0, 0.05) is 0 Å². The largest absolute Gasteiger partial charge is 0.489 e. The molecule has 5 heteroatoms. The number of esters is 1. The minimum absolute atomic E-state index is 0.0503. The Hall–Kier alpha value is -3.57. The normalized spacial score (nSPS) is 9.29. The summed E-state index contributed by atoms with van der Waals surface area (Å²) >= 11 is 0. The van der Waals surface area contributed by atoms with Crippen LogP contribution in [0.5, 0.6) is 5.75 Å². The highest BCUT2D eigenvalue weighted by molar-refractivity contribution is 5.89. The van der Waals surface area contributed by atoms with Crippen LogP contribution in [0.25, 0.3) is 6.08 Å². The van der Waals surface area contributed by atoms with E-state index < -0.39 is 0 Å². The summed E-state index contributed by atoms with van der Waals surface area (Å²) in [5.41, 5.74) is 2.21. The first-order chi connectivity index (χ1) is 11.7. The summed E-state index contributed by atoms with van der Waals surface area (Å²) in [5, 5.41) is 17.5. The van der Waals surface area contributed by atoms with Crippen molar-refractivity contribution in [2.45, 2.75) is 6.61 Å². The van der Waals surface area contributed by atoms with Gasteiger partial charge in [0.15, 0.2) is 0 Å². The third-order valence-electron chi connectivity index (χ3n) is 3.21. The van der Waals surface area contributed by atoms with E-state index >= 15 is 0 Å². The lowest BCUT2D eigenvalue weighted by molar-refractivity contribution is 0.0600. The first kappa shape index (κ1) is 16.8. The molecule has 0 aliphatic rings. The zero-order chi connectivity index (χ0) is 17.4. The predicted molar refractivity (Wildman–Crippen MR) is 87.8 cm³/mol. The smallest absolute Gasteiger partial charge is 0.337 e. The molecular formula is C19H14N2O3. The van der Waals surface area contributed by atoms with Crippen molar-refractivity contribution >= 4 is 12.0 Å². The molecule has 0 N–H and O–H groups in total. The molecule has 0 heterocycles. The molecule has 0 aromatic heterocycles. The van der Waals surface area contributed by atoms with Crippen LogP contribution in [-0.4, -0.2) is 13.1 Å². The first-order valence-corrected chi connectivity index (χ1v) is 7.08. The average Bonchev–Trinajstić information content (AvgIpc) is 2.65. The van der Waals surface area contributed by atoms with E-state index in [-0.39, 0.29) is 11.5 Å². The maximum absolute atomic E-state index is 11.4. The van der Waals surface area contributed by atoms with Crippen molar-refractivity contribution in [2.75, 3.05) is 7.11 Å². The topological polar surface area (TPSA) is 83.1 Å². The molecule has 0 bridgehead atoms. The lowest BCUT2D eigenvalue weighted by Gasteiger charge is -2.07. The first-order valence-electron chi connectivity index (χ1n) is 7.08. The quantitative estimate of drug-likeness (QED) is 0.622. The summed E-state index contributed by atoms with van der Waals surface area (Å²) in [6.45, 7) is 0.359. The Morgan fingerprint density at radius 3 is 2.21 bits per heavy atom. The van der Waals surface area contributed by atoms with Gasteiger partial charge < -0.3 is 9.47 Å². The molecule has 118 valence electrons. The van der Waals surface area contributed by atoms with E-state index in [1.807, 2.05) is 12.1 Å². The Labute approximate surface area is 140 Å². The van der Waals surface area contributed by atoms with Gasteiger partial charge in [-0.15, -0.1) is 0 Å². The number of rotatable bonds is 5. The summed E-state index contributed by atoms with van der Waals surface area (Å²) in [6.07, 6.45) is 1.51. The minimum atomic E-state index is -0.375. The van der Waals surface area contributed by atoms with Crippen LogP contribution < -0.4 is 4.74 Å². The number of nitriles is 2. The fourth-order valence-corrected chi connectivity index (χ4v) is 1.94. The van der Waals surface area contributed by atoms with Crippen LogP contribution in [-0.2, 0) is 11.3 Å². The summed E-state index contributed by atoms with van der Waals surface area (Å²) in [7, 11) is 1.34. The maximum Gasteiger partial charge on any atom is 0.337 e. The maximum atomic E-state index is 11.4. The van der Waals surface area contributed by atoms with E-state index in [4.69, 9.17) is 15.3 Å². The molecule has 0 atom stereocenters. The second-order valence-electron chi connectivity index (χ2n) is 4.83. The number of ether oxygens (including phenoxy) is 2. The fraction of sp³-hybridized carbons (Fsp3) is 0.105. The Balaban J connectivity index is 1.98. The molecule has 2 rings (SSSR count). The number of hydrogen-bond acceptors (Lipinski definition) is 5. The van der Waals surface area contributed by atoms with Crippen LogP contribution in [0, 0.1) is 22.7 Å². The van der Waals surface area contributed by atoms with E-state index in [1.54, 1.807) is 48.5 Å². The van der Waals surface area contributed by atoms with E-state index in [2.05, 4.69) is 4.74 Å². The minimum Gasteiger partial charge on any atom is -0.489 e. The van der Waals surface area contributed by atoms with E-state index in [1.165, 1.54) is 13.2 Å². The van der Waals surface area contributed by atoms with E-state index in [0.29, 0.717) is 17.9 Å². The molecule has 0 aliphatic heterocycles. The van der Waals surface area contributed by atoms with Crippen molar-refractivity contribution < 1.29 is 14.3 Å². The van der Waals surface area contributed by atoms with E-state index in [9.17, 15) is 4.79 Å². The van der Waals surface area contributed by atoms with Gasteiger partial charge in [-0.05, 0) is 41.5 Å². The van der Waals surface area contributed by atoms with Crippen molar-refractivity contribution in [3.8, 4) is 17.9 Å². The number of allylic oxidation sites excluding steroid dienone is 1. The molecule has 0 unspecified atom stereocenters. The number of benzene rings is 2. The monoisotopic (exact) mass is 318 g/mol. The molecule has 0 saturated heterocycles. The third kappa shape index (κ3) is 4.46. The van der Waals surface area contributed by atoms with Crippen molar-refractivity contribution in [1.82, 2.24) is 0 Å². The second kappa shape index (κ2) is 8.17. The summed E-state index contributed by atoms with van der Waals surface area (Å²) in [5.74, 6) is 0.292. The predicted octanol–water partition coefficient (Wildman–Crippen LogP) is 3.48. The molecule has 2 aromatic rings. The molecule has 0 saturated carbocycles. The molecule has 24 heavy (non-hydrogen) atoms. The van der Waals surface area contributed by atoms with Crippen LogP contribution in [0.15, 0.2) is 54.1 Å². The molecule has 0 spiro atoms. The molecule has 0 aliphatic carbocycles. The average molecular weight is 318 g/mol. The zero-order valence-electron chi connectivity index (χ0n) is 13.0. The van der Waals surface area contributed by atoms with Gasteiger partial charge in [-0.3, -0.25) is 0 Å². The standard InChI is InChI=1S/C19H14N2O3/c1-23-19(22)17-6-2-15(3-7-17)13-24-18-8-4-14(5-9-18)10-16(11-20)12-21/h2-10H,13H2,1H3. The van der Waals surface area contributed by atoms with Gasteiger partial charge in [0.1, 0.15) is 30.1 Å². The van der Waals surface area contributed by atoms with E-state index in [0.717, 1.165) is 11.1 Å². The van der Waals surface area contributed by atoms with Gasteiger partial charge >= 0.3 is 5.97 Å². The van der Waals surface area contributed by atoms with Crippen LogP contribution in [0.2, 0.25) is 0 Å². The van der Waals surface area contributed by atoms with Crippen LogP contribution >= 0.6 is 0 Å². The van der Waals surface area contributed by atoms with Gasteiger partial charge in [0.05, 0.1) is 12.7 Å². The van der Waals surface area contributed by atoms with Gasteiger partial charge in [0.25, 0.3) is 0 Å². The van der Waals surface area contributed by atoms with Crippen LogP contribution in [0.3, 0.4) is 0 Å². The number of nitrogens with zero attached hydrogens (tertiary/aromatic N) is 2. The number of hydrogen-bond donors (Lipinski definition) is 0. The zero-order valence-corrected chi connectivity index (χ0v) is 13.0. The molecule has 2 aromatic carbocycles. The SMILES string of the molecule is COC(=O)c1ccc(COc2ccc(C=C(C#N)C#N)cc2)cc1. The number of methoxy groups -OCH3 is 1. The highest BCUT2D eigenvalue weighted by atomic mass is 16.5. The van der Waals surface area contributed by atoms with Crippen LogP contribution in [0.4, 0.5) is 0 Å². The van der Waals surface area contributed by atoms with Crippen LogP contribution in [0.1, 0.15) is 21.5 Å². The van der Waals surface area contributed by atoms with Crippen molar-refractivity contribution in [2.24, 2.45) is 0 Å². The van der Waals surface area contributed by atoms with Crippen molar-refractivity contribution in [1.29, 1.82) is 10.5 Å². The molecule has 0 fully saturated rings. The highest BCUT2D eigenvalue weighted by Gasteiger charge is 2.04. The Morgan fingerprint density at radius 2 is 1.67 bits per heavy atom. The van der Waals surface area contributed by atoms with Gasteiger partial charge in [-0.25, -0.2) is 4.79 Å². The summed E-state index contributed by atoms with van der Waals surface area (Å²) in [4.78, 5) is 11.4. The fourth-order valence-electron chi connectivity index (χ4n) is 1.94. The lowest BCUT2D eigenvalue weighted by Crippen LogP contribution is -2.01. The number of carbonyl (C=O) groups is 1. The second-order valence-corrected chi connectivity index (χ2v) is 4.83. The van der Waals surface area contributed by atoms with Crippen molar-refractivity contribution in [3.05, 3.63) is 70.8 Å². The Bertz CT molecular complexity index is 807. The Kier molecular flexibility index (Phi) is 5.71. The van der Waals surface area contributed by atoms with Gasteiger partial charge in [-0.2, -0.15) is 10.5 Å². The molecular weight excluding hydrogens is 304 g/mol. The summed E-state index contributed by atoms with van der Waals surface area (Å²) < 4.78 is 10.3. The lowest BCUT2D eigenvalue weighted by atomic mass is 10.1. The summed E-state index contributed by atoms with van der Waals surface area (Å²) in [6, 6.07) is 17.7. The van der Waals surface area contributed by atoms with Gasteiger partial charge in [-0.1, -0.05) is 24.3 Å². The van der Waals surface area contributed by atoms with Crippen molar-refractivity contribution in [3.63, 3.8) is 0 Å². The Morgan fingerprint density at radius 1 is 1.04 bits per heavy atom. The number of carbonyl (C=O) groups excluding carboxylic acids is 1. The molecule has 0 radical (unpaired) electrons. The van der Waals surface area contributed by atoms with Gasteiger partial charge in [0.2, 0.25) is 0 Å². The molecule has 5 nitrogen and oxygen atoms in total. The molecule has 0 amide bonds.